The van der Waals surface area contributed by atoms with Crippen molar-refractivity contribution >= 4 is 22.4 Å². The SMILES string of the molecule is CCCC[C@H](N[C@@H](C)c1ccccc1)[C@H](O)c1ccc2c(Cl)c(OC)ccc2c1. The molecule has 0 saturated carbocycles. The second-order valence-corrected chi connectivity index (χ2v) is 7.93. The summed E-state index contributed by atoms with van der Waals surface area (Å²) in [5, 5.41) is 17.4. The van der Waals surface area contributed by atoms with Gasteiger partial charge in [-0.05, 0) is 42.0 Å². The quantitative estimate of drug-likeness (QED) is 0.425. The van der Waals surface area contributed by atoms with E-state index in [0.717, 1.165) is 35.6 Å². The number of aliphatic hydroxyl groups is 1. The molecule has 0 saturated heterocycles. The summed E-state index contributed by atoms with van der Waals surface area (Å²) in [6, 6.07) is 20.3. The average Bonchev–Trinajstić information content (AvgIpc) is 2.76. The molecule has 0 heterocycles. The first-order valence-electron chi connectivity index (χ1n) is 10.3. The molecule has 0 bridgehead atoms. The average molecular weight is 412 g/mol. The van der Waals surface area contributed by atoms with Crippen molar-refractivity contribution in [3.63, 3.8) is 0 Å². The summed E-state index contributed by atoms with van der Waals surface area (Å²) in [6.07, 6.45) is 2.47. The predicted octanol–water partition coefficient (Wildman–Crippen LogP) is 6.44. The topological polar surface area (TPSA) is 41.5 Å². The minimum atomic E-state index is -0.599. The van der Waals surface area contributed by atoms with Crippen LogP contribution in [0.1, 0.15) is 56.4 Å². The zero-order chi connectivity index (χ0) is 20.8. The lowest BCUT2D eigenvalue weighted by Crippen LogP contribution is -2.36. The Morgan fingerprint density at radius 2 is 1.79 bits per heavy atom. The number of hydrogen-bond donors (Lipinski definition) is 2. The van der Waals surface area contributed by atoms with Crippen molar-refractivity contribution in [1.29, 1.82) is 0 Å². The molecule has 0 spiro atoms. The monoisotopic (exact) mass is 411 g/mol. The number of nitrogens with one attached hydrogen (secondary N) is 1. The van der Waals surface area contributed by atoms with E-state index in [1.54, 1.807) is 7.11 Å². The minimum Gasteiger partial charge on any atom is -0.495 e. The zero-order valence-electron chi connectivity index (χ0n) is 17.4. The number of halogens is 1. The first-order valence-corrected chi connectivity index (χ1v) is 10.7. The molecule has 29 heavy (non-hydrogen) atoms. The van der Waals surface area contributed by atoms with Crippen LogP contribution in [0.5, 0.6) is 5.75 Å². The summed E-state index contributed by atoms with van der Waals surface area (Å²) in [7, 11) is 1.61. The van der Waals surface area contributed by atoms with Gasteiger partial charge in [0.05, 0.1) is 18.2 Å². The summed E-state index contributed by atoms with van der Waals surface area (Å²) in [5.74, 6) is 0.659. The van der Waals surface area contributed by atoms with Crippen molar-refractivity contribution in [3.8, 4) is 5.75 Å². The molecule has 3 nitrogen and oxygen atoms in total. The van der Waals surface area contributed by atoms with Gasteiger partial charge in [-0.2, -0.15) is 0 Å². The van der Waals surface area contributed by atoms with Gasteiger partial charge in [0.15, 0.2) is 0 Å². The molecule has 0 amide bonds. The minimum absolute atomic E-state index is 0.0312. The second-order valence-electron chi connectivity index (χ2n) is 7.55. The Morgan fingerprint density at radius 3 is 2.48 bits per heavy atom. The maximum Gasteiger partial charge on any atom is 0.138 e. The molecule has 2 N–H and O–H groups in total. The van der Waals surface area contributed by atoms with Gasteiger partial charge >= 0.3 is 0 Å². The smallest absolute Gasteiger partial charge is 0.138 e. The number of methoxy groups -OCH3 is 1. The van der Waals surface area contributed by atoms with Crippen molar-refractivity contribution in [2.24, 2.45) is 0 Å². The van der Waals surface area contributed by atoms with E-state index in [9.17, 15) is 5.11 Å². The first kappa shape index (κ1) is 21.6. The van der Waals surface area contributed by atoms with Crippen LogP contribution >= 0.6 is 11.6 Å². The molecular formula is C25H30ClNO2. The maximum absolute atomic E-state index is 11.2. The lowest BCUT2D eigenvalue weighted by atomic mass is 9.94. The molecule has 3 aromatic carbocycles. The Hall–Kier alpha value is -2.07. The van der Waals surface area contributed by atoms with Crippen LogP contribution in [-0.2, 0) is 0 Å². The van der Waals surface area contributed by atoms with Crippen LogP contribution in [0.15, 0.2) is 60.7 Å². The van der Waals surface area contributed by atoms with Gasteiger partial charge in [-0.1, -0.05) is 79.9 Å². The van der Waals surface area contributed by atoms with E-state index in [0.29, 0.717) is 10.8 Å². The standard InChI is InChI=1S/C25H30ClNO2/c1-4-5-11-22(27-17(2)18-9-7-6-8-10-18)25(28)20-12-14-21-19(16-20)13-15-23(29-3)24(21)26/h6-10,12-17,22,25,27-28H,4-5,11H2,1-3H3/t17-,22-,25+/m0/s1. The van der Waals surface area contributed by atoms with Crippen LogP contribution in [-0.4, -0.2) is 18.3 Å². The Bertz CT molecular complexity index is 929. The van der Waals surface area contributed by atoms with Gasteiger partial charge in [0.2, 0.25) is 0 Å². The van der Waals surface area contributed by atoms with Gasteiger partial charge in [-0.3, -0.25) is 0 Å². The molecule has 0 unspecified atom stereocenters. The second kappa shape index (κ2) is 10.1. The number of aliphatic hydroxyl groups excluding tert-OH is 1. The van der Waals surface area contributed by atoms with Crippen LogP contribution in [0.2, 0.25) is 5.02 Å². The lowest BCUT2D eigenvalue weighted by molar-refractivity contribution is 0.116. The summed E-state index contributed by atoms with van der Waals surface area (Å²) in [6.45, 7) is 4.32. The fourth-order valence-electron chi connectivity index (χ4n) is 3.78. The molecule has 0 aliphatic carbocycles. The lowest BCUT2D eigenvalue weighted by Gasteiger charge is -2.28. The van der Waals surface area contributed by atoms with Gasteiger partial charge in [0, 0.05) is 17.5 Å². The highest BCUT2D eigenvalue weighted by atomic mass is 35.5. The third-order valence-electron chi connectivity index (χ3n) is 5.52. The molecule has 3 atom stereocenters. The predicted molar refractivity (Wildman–Crippen MR) is 122 cm³/mol. The van der Waals surface area contributed by atoms with Crippen molar-refractivity contribution in [1.82, 2.24) is 5.32 Å². The number of ether oxygens (including phenoxy) is 1. The highest BCUT2D eigenvalue weighted by Crippen LogP contribution is 2.34. The number of rotatable bonds is 9. The fourth-order valence-corrected chi connectivity index (χ4v) is 4.09. The van der Waals surface area contributed by atoms with E-state index in [1.165, 1.54) is 5.56 Å². The molecule has 3 aromatic rings. The summed E-state index contributed by atoms with van der Waals surface area (Å²) < 4.78 is 5.31. The highest BCUT2D eigenvalue weighted by molar-refractivity contribution is 6.37. The Labute approximate surface area is 178 Å². The normalized spacial score (nSPS) is 14.5. The highest BCUT2D eigenvalue weighted by Gasteiger charge is 2.23. The Balaban J connectivity index is 1.85. The van der Waals surface area contributed by atoms with Gasteiger partial charge in [0.25, 0.3) is 0 Å². The molecule has 0 fully saturated rings. The molecule has 0 aromatic heterocycles. The van der Waals surface area contributed by atoms with E-state index in [-0.39, 0.29) is 12.1 Å². The zero-order valence-corrected chi connectivity index (χ0v) is 18.1. The molecule has 0 radical (unpaired) electrons. The van der Waals surface area contributed by atoms with Gasteiger partial charge < -0.3 is 15.2 Å². The van der Waals surface area contributed by atoms with E-state index in [2.05, 4.69) is 31.3 Å². The van der Waals surface area contributed by atoms with Crippen LogP contribution < -0.4 is 10.1 Å². The fraction of sp³-hybridized carbons (Fsp3) is 0.360. The van der Waals surface area contributed by atoms with Crippen molar-refractivity contribution in [2.45, 2.75) is 51.3 Å². The maximum atomic E-state index is 11.2. The van der Waals surface area contributed by atoms with Gasteiger partial charge in [-0.25, -0.2) is 0 Å². The number of hydrogen-bond acceptors (Lipinski definition) is 3. The molecular weight excluding hydrogens is 382 g/mol. The van der Waals surface area contributed by atoms with Crippen LogP contribution in [0.4, 0.5) is 0 Å². The third kappa shape index (κ3) is 5.11. The van der Waals surface area contributed by atoms with Crippen molar-refractivity contribution in [3.05, 3.63) is 76.8 Å². The van der Waals surface area contributed by atoms with Crippen molar-refractivity contribution < 1.29 is 9.84 Å². The van der Waals surface area contributed by atoms with Crippen molar-refractivity contribution in [2.75, 3.05) is 7.11 Å². The number of benzene rings is 3. The molecule has 154 valence electrons. The van der Waals surface area contributed by atoms with Gasteiger partial charge in [0.1, 0.15) is 5.75 Å². The van der Waals surface area contributed by atoms with Crippen LogP contribution in [0.3, 0.4) is 0 Å². The van der Waals surface area contributed by atoms with E-state index in [1.807, 2.05) is 48.5 Å². The molecule has 3 rings (SSSR count). The van der Waals surface area contributed by atoms with E-state index < -0.39 is 6.10 Å². The van der Waals surface area contributed by atoms with Crippen LogP contribution in [0, 0.1) is 0 Å². The Morgan fingerprint density at radius 1 is 1.03 bits per heavy atom. The number of fused-ring (bicyclic) bond motifs is 1. The van der Waals surface area contributed by atoms with Crippen LogP contribution in [0.25, 0.3) is 10.8 Å². The van der Waals surface area contributed by atoms with E-state index >= 15 is 0 Å². The molecule has 4 heteroatoms. The number of unbranched alkanes of at least 4 members (excludes halogenated alkanes) is 1. The third-order valence-corrected chi connectivity index (χ3v) is 5.91. The van der Waals surface area contributed by atoms with Gasteiger partial charge in [-0.15, -0.1) is 0 Å². The van der Waals surface area contributed by atoms with E-state index in [4.69, 9.17) is 16.3 Å². The molecule has 0 aliphatic rings. The largest absolute Gasteiger partial charge is 0.495 e. The molecule has 0 aliphatic heterocycles. The summed E-state index contributed by atoms with van der Waals surface area (Å²) in [4.78, 5) is 0. The summed E-state index contributed by atoms with van der Waals surface area (Å²) in [5.41, 5.74) is 2.12. The Kier molecular flexibility index (Phi) is 7.54. The first-order chi connectivity index (χ1) is 14.0. The summed E-state index contributed by atoms with van der Waals surface area (Å²) >= 11 is 6.44.